The van der Waals surface area contributed by atoms with Gasteiger partial charge in [0.1, 0.15) is 11.1 Å². The zero-order valence-electron chi connectivity index (χ0n) is 25.5. The number of hydrogen-bond donors (Lipinski definition) is 0. The lowest BCUT2D eigenvalue weighted by molar-refractivity contribution is -0.156. The molecule has 0 N–H and O–H groups in total. The molecule has 0 bridgehead atoms. The van der Waals surface area contributed by atoms with Crippen molar-refractivity contribution in [3.05, 3.63) is 53.4 Å². The molecule has 250 valence electrons. The molecule has 0 heterocycles. The molecule has 2 fully saturated rings. The Labute approximate surface area is 297 Å². The highest BCUT2D eigenvalue weighted by atomic mass is 35.5. The molecule has 0 aromatic heterocycles. The van der Waals surface area contributed by atoms with Crippen molar-refractivity contribution >= 4 is 93.5 Å². The van der Waals surface area contributed by atoms with Crippen LogP contribution in [0.5, 0.6) is 11.5 Å². The van der Waals surface area contributed by atoms with E-state index >= 15 is 0 Å². The van der Waals surface area contributed by atoms with Crippen molar-refractivity contribution in [1.82, 2.24) is 0 Å². The average molecular weight is 757 g/mol. The van der Waals surface area contributed by atoms with Crippen molar-refractivity contribution in [3.8, 4) is 11.5 Å². The minimum atomic E-state index is -1.64. The Morgan fingerprint density at radius 3 is 1.26 bits per heavy atom. The number of carbonyl (C=O) groups excluding carboxylic acids is 4. The predicted octanol–water partition coefficient (Wildman–Crippen LogP) is 10.1. The van der Waals surface area contributed by atoms with E-state index in [-0.39, 0.29) is 54.2 Å². The Morgan fingerprint density at radius 2 is 0.957 bits per heavy atom. The number of halogens is 6. The van der Waals surface area contributed by atoms with Crippen LogP contribution in [0, 0.1) is 22.7 Å². The molecule has 2 atom stereocenters. The lowest BCUT2D eigenvalue weighted by Crippen LogP contribution is -2.27. The van der Waals surface area contributed by atoms with Gasteiger partial charge in [0.25, 0.3) is 0 Å². The minimum Gasteiger partial charge on any atom is -0.462 e. The summed E-state index contributed by atoms with van der Waals surface area (Å²) in [5.74, 6) is -5.28. The Hall–Kier alpha value is -1.94. The summed E-state index contributed by atoms with van der Waals surface area (Å²) in [6.07, 6.45) is 5.12. The highest BCUT2D eigenvalue weighted by Crippen LogP contribution is 2.54. The Bertz CT molecular complexity index is 1460. The lowest BCUT2D eigenvalue weighted by atomic mass is 10.1. The number of hydrogen-bond acceptors (Lipinski definition) is 8. The summed E-state index contributed by atoms with van der Waals surface area (Å²) in [5.41, 5.74) is -0.365. The van der Waals surface area contributed by atoms with Crippen LogP contribution in [0.15, 0.2) is 12.1 Å². The third-order valence-electron chi connectivity index (χ3n) is 8.51. The summed E-state index contributed by atoms with van der Waals surface area (Å²) in [6, 6.07) is 2.25. The van der Waals surface area contributed by atoms with E-state index in [4.69, 9.17) is 88.6 Å². The van der Waals surface area contributed by atoms with E-state index in [0.717, 1.165) is 37.8 Å². The molecular weight excluding hydrogens is 725 g/mol. The average Bonchev–Trinajstić information content (AvgIpc) is 3.80. The number of carbonyl (C=O) groups is 4. The van der Waals surface area contributed by atoms with Gasteiger partial charge in [-0.15, -0.1) is 0 Å². The van der Waals surface area contributed by atoms with Gasteiger partial charge in [-0.05, 0) is 73.3 Å². The van der Waals surface area contributed by atoms with E-state index in [1.165, 1.54) is 0 Å². The first-order chi connectivity index (χ1) is 21.4. The zero-order valence-corrected chi connectivity index (χ0v) is 30.0. The van der Waals surface area contributed by atoms with Gasteiger partial charge in [-0.25, -0.2) is 19.2 Å². The molecule has 0 radical (unpaired) electrons. The molecule has 14 heteroatoms. The normalized spacial score (nSPS) is 18.8. The Balaban J connectivity index is 1.46. The highest BCUT2D eigenvalue weighted by molar-refractivity contribution is 6.47. The third kappa shape index (κ3) is 8.74. The van der Waals surface area contributed by atoms with E-state index in [1.54, 1.807) is 0 Å². The standard InChI is InChI=1S/C32H32Cl6O8/c1-31(2)13-15(31)7-5-9-43-27(39)21-23(37)17(33)11-19(35)25(21)45-29(41)30(42)46-26-20(36)12-18(34)24(38)22(26)28(40)44-10-6-8-16-14-32(16,3)4/h11-12,15-16H,5-10,13-14H2,1-4H3. The van der Waals surface area contributed by atoms with Crippen molar-refractivity contribution in [2.45, 2.75) is 66.2 Å². The number of rotatable bonds is 12. The molecule has 2 saturated carbocycles. The molecule has 0 amide bonds. The smallest absolute Gasteiger partial charge is 0.423 e. The fourth-order valence-corrected chi connectivity index (χ4v) is 6.70. The fourth-order valence-electron chi connectivity index (χ4n) is 5.26. The van der Waals surface area contributed by atoms with Crippen LogP contribution < -0.4 is 9.47 Å². The lowest BCUT2D eigenvalue weighted by Gasteiger charge is -2.15. The molecule has 2 aliphatic rings. The molecule has 2 aliphatic carbocycles. The maximum Gasteiger partial charge on any atom is 0.423 e. The van der Waals surface area contributed by atoms with E-state index in [9.17, 15) is 19.2 Å². The maximum atomic E-state index is 13.0. The number of esters is 4. The van der Waals surface area contributed by atoms with Crippen LogP contribution in [-0.2, 0) is 19.1 Å². The first kappa shape index (κ1) is 36.9. The van der Waals surface area contributed by atoms with Crippen LogP contribution in [0.2, 0.25) is 30.1 Å². The maximum absolute atomic E-state index is 13.0. The van der Waals surface area contributed by atoms with Gasteiger partial charge in [-0.1, -0.05) is 97.3 Å². The molecule has 8 nitrogen and oxygen atoms in total. The monoisotopic (exact) mass is 754 g/mol. The highest BCUT2D eigenvalue weighted by Gasteiger charge is 2.45. The summed E-state index contributed by atoms with van der Waals surface area (Å²) < 4.78 is 21.0. The van der Waals surface area contributed by atoms with Gasteiger partial charge in [0.2, 0.25) is 0 Å². The van der Waals surface area contributed by atoms with Gasteiger partial charge in [-0.3, -0.25) is 0 Å². The largest absolute Gasteiger partial charge is 0.462 e. The van der Waals surface area contributed by atoms with Gasteiger partial charge in [0.05, 0.1) is 43.3 Å². The summed E-state index contributed by atoms with van der Waals surface area (Å²) in [6.45, 7) is 8.80. The quantitative estimate of drug-likeness (QED) is 0.0693. The SMILES string of the molecule is CC1(C)CC1CCCOC(=O)c1c(Cl)c(Cl)cc(Cl)c1OC(=O)C(=O)Oc1c(Cl)cc(Cl)c(Cl)c1C(=O)OCCCC1CC1(C)C. The van der Waals surface area contributed by atoms with Crippen molar-refractivity contribution in [2.75, 3.05) is 13.2 Å². The molecule has 0 saturated heterocycles. The van der Waals surface area contributed by atoms with E-state index in [0.29, 0.717) is 24.7 Å². The third-order valence-corrected chi connectivity index (χ3v) is 10.6. The summed E-state index contributed by atoms with van der Waals surface area (Å²) in [7, 11) is 0. The van der Waals surface area contributed by atoms with Crippen LogP contribution in [0.4, 0.5) is 0 Å². The topological polar surface area (TPSA) is 105 Å². The molecule has 0 spiro atoms. The second-order valence-electron chi connectivity index (χ2n) is 12.8. The van der Waals surface area contributed by atoms with Crippen LogP contribution in [-0.4, -0.2) is 37.1 Å². The minimum absolute atomic E-state index is 0.0641. The molecule has 2 unspecified atom stereocenters. The summed E-state index contributed by atoms with van der Waals surface area (Å²) >= 11 is 37.2. The first-order valence-electron chi connectivity index (χ1n) is 14.6. The van der Waals surface area contributed by atoms with Crippen LogP contribution in [0.1, 0.15) is 86.9 Å². The van der Waals surface area contributed by atoms with Gasteiger partial charge in [0, 0.05) is 0 Å². The zero-order chi connectivity index (χ0) is 34.1. The summed E-state index contributed by atoms with van der Waals surface area (Å²) in [4.78, 5) is 51.9. The number of benzene rings is 2. The van der Waals surface area contributed by atoms with E-state index in [1.807, 2.05) is 0 Å². The van der Waals surface area contributed by atoms with Crippen molar-refractivity contribution in [2.24, 2.45) is 22.7 Å². The molecule has 4 rings (SSSR count). The molecular formula is C32H32Cl6O8. The van der Waals surface area contributed by atoms with Gasteiger partial charge >= 0.3 is 23.9 Å². The Morgan fingerprint density at radius 1 is 0.630 bits per heavy atom. The molecule has 0 aliphatic heterocycles. The summed E-state index contributed by atoms with van der Waals surface area (Å²) in [5, 5.41) is -1.47. The van der Waals surface area contributed by atoms with Crippen LogP contribution in [0.3, 0.4) is 0 Å². The second kappa shape index (κ2) is 14.7. The fraction of sp³-hybridized carbons (Fsp3) is 0.500. The Kier molecular flexibility index (Phi) is 11.8. The van der Waals surface area contributed by atoms with Crippen molar-refractivity contribution < 1.29 is 38.1 Å². The number of ether oxygens (including phenoxy) is 4. The first-order valence-corrected chi connectivity index (χ1v) is 16.8. The predicted molar refractivity (Wildman–Crippen MR) is 177 cm³/mol. The van der Waals surface area contributed by atoms with Crippen LogP contribution in [0.25, 0.3) is 0 Å². The molecule has 46 heavy (non-hydrogen) atoms. The van der Waals surface area contributed by atoms with Gasteiger partial charge in [-0.2, -0.15) is 0 Å². The van der Waals surface area contributed by atoms with E-state index in [2.05, 4.69) is 27.7 Å². The van der Waals surface area contributed by atoms with Gasteiger partial charge in [0.15, 0.2) is 11.5 Å². The van der Waals surface area contributed by atoms with Gasteiger partial charge < -0.3 is 18.9 Å². The molecule has 2 aromatic carbocycles. The van der Waals surface area contributed by atoms with Crippen molar-refractivity contribution in [3.63, 3.8) is 0 Å². The van der Waals surface area contributed by atoms with Crippen molar-refractivity contribution in [1.29, 1.82) is 0 Å². The van der Waals surface area contributed by atoms with E-state index < -0.39 is 46.5 Å². The molecule has 2 aromatic rings. The van der Waals surface area contributed by atoms with Crippen LogP contribution >= 0.6 is 69.6 Å². The second-order valence-corrected chi connectivity index (χ2v) is 15.2.